The molecule has 0 aliphatic carbocycles. The molecular weight excluding hydrogens is 244 g/mol. The maximum absolute atomic E-state index is 3.54. The van der Waals surface area contributed by atoms with Crippen LogP contribution in [-0.4, -0.2) is 37.6 Å². The van der Waals surface area contributed by atoms with Gasteiger partial charge in [0.15, 0.2) is 0 Å². The molecule has 2 heterocycles. The van der Waals surface area contributed by atoms with E-state index in [1.807, 2.05) is 0 Å². The van der Waals surface area contributed by atoms with Gasteiger partial charge in [-0.25, -0.2) is 0 Å². The molecule has 0 aromatic heterocycles. The van der Waals surface area contributed by atoms with Crippen LogP contribution in [0.15, 0.2) is 30.3 Å². The predicted octanol–water partition coefficient (Wildman–Crippen LogP) is 2.94. The zero-order valence-electron chi connectivity index (χ0n) is 12.6. The first-order chi connectivity index (χ1) is 9.90. The van der Waals surface area contributed by atoms with Crippen LogP contribution in [0.3, 0.4) is 0 Å². The molecule has 1 aromatic carbocycles. The Hall–Kier alpha value is -0.860. The zero-order valence-corrected chi connectivity index (χ0v) is 12.6. The second-order valence-electron chi connectivity index (χ2n) is 6.65. The highest BCUT2D eigenvalue weighted by Gasteiger charge is 2.22. The maximum atomic E-state index is 3.54. The third kappa shape index (κ3) is 4.07. The molecule has 2 aliphatic heterocycles. The molecule has 2 saturated heterocycles. The van der Waals surface area contributed by atoms with Crippen LogP contribution in [0.2, 0.25) is 0 Å². The molecule has 1 atom stereocenters. The lowest BCUT2D eigenvalue weighted by Crippen LogP contribution is -2.42. The summed E-state index contributed by atoms with van der Waals surface area (Å²) in [6, 6.07) is 11.0. The van der Waals surface area contributed by atoms with Gasteiger partial charge >= 0.3 is 0 Å². The van der Waals surface area contributed by atoms with Gasteiger partial charge in [0.2, 0.25) is 0 Å². The average Bonchev–Trinajstić information content (AvgIpc) is 2.51. The summed E-state index contributed by atoms with van der Waals surface area (Å²) in [6.07, 6.45) is 6.84. The first kappa shape index (κ1) is 14.1. The van der Waals surface area contributed by atoms with E-state index in [0.29, 0.717) is 0 Å². The molecule has 2 aliphatic rings. The monoisotopic (exact) mass is 272 g/mol. The van der Waals surface area contributed by atoms with Crippen molar-refractivity contribution in [2.45, 2.75) is 32.1 Å². The first-order valence-electron chi connectivity index (χ1n) is 8.37. The van der Waals surface area contributed by atoms with Crippen molar-refractivity contribution in [2.75, 3.05) is 32.7 Å². The summed E-state index contributed by atoms with van der Waals surface area (Å²) in [7, 11) is 0. The van der Waals surface area contributed by atoms with Gasteiger partial charge in [0, 0.05) is 6.54 Å². The quantitative estimate of drug-likeness (QED) is 0.906. The lowest BCUT2D eigenvalue weighted by molar-refractivity contribution is 0.150. The van der Waals surface area contributed by atoms with Crippen LogP contribution in [0.5, 0.6) is 0 Å². The van der Waals surface area contributed by atoms with E-state index in [0.717, 1.165) is 11.8 Å². The minimum absolute atomic E-state index is 0.898. The Bertz CT molecular complexity index is 376. The fourth-order valence-electron chi connectivity index (χ4n) is 3.77. The Labute approximate surface area is 123 Å². The molecule has 1 aromatic rings. The van der Waals surface area contributed by atoms with Crippen molar-refractivity contribution in [3.63, 3.8) is 0 Å². The van der Waals surface area contributed by atoms with E-state index in [4.69, 9.17) is 0 Å². The molecule has 3 rings (SSSR count). The summed E-state index contributed by atoms with van der Waals surface area (Å²) >= 11 is 0. The molecule has 20 heavy (non-hydrogen) atoms. The first-order valence-corrected chi connectivity index (χ1v) is 8.37. The van der Waals surface area contributed by atoms with Gasteiger partial charge in [-0.2, -0.15) is 0 Å². The van der Waals surface area contributed by atoms with Crippen molar-refractivity contribution in [1.82, 2.24) is 10.2 Å². The van der Waals surface area contributed by atoms with Crippen molar-refractivity contribution in [2.24, 2.45) is 11.8 Å². The number of likely N-dealkylation sites (tertiary alicyclic amines) is 1. The Morgan fingerprint density at radius 2 is 1.80 bits per heavy atom. The maximum Gasteiger partial charge on any atom is 0.00218 e. The van der Waals surface area contributed by atoms with E-state index < -0.39 is 0 Å². The number of hydrogen-bond acceptors (Lipinski definition) is 2. The molecule has 110 valence electrons. The number of nitrogens with one attached hydrogen (secondary N) is 1. The standard InChI is InChI=1S/C18H28N2/c1-2-5-16(6-3-1)13-17-8-11-20(12-9-17)15-18-7-4-10-19-14-18/h1-3,5-6,17-19H,4,7-15H2. The van der Waals surface area contributed by atoms with Crippen LogP contribution in [0, 0.1) is 11.8 Å². The van der Waals surface area contributed by atoms with Crippen molar-refractivity contribution < 1.29 is 0 Å². The van der Waals surface area contributed by atoms with Gasteiger partial charge in [-0.15, -0.1) is 0 Å². The molecule has 2 heteroatoms. The minimum Gasteiger partial charge on any atom is -0.316 e. The van der Waals surface area contributed by atoms with Crippen molar-refractivity contribution in [3.8, 4) is 0 Å². The SMILES string of the molecule is c1ccc(CC2CCN(CC3CCCNC3)CC2)cc1. The Balaban J connectivity index is 1.40. The third-order valence-electron chi connectivity index (χ3n) is 4.99. The number of benzene rings is 1. The zero-order chi connectivity index (χ0) is 13.6. The van der Waals surface area contributed by atoms with Crippen molar-refractivity contribution in [3.05, 3.63) is 35.9 Å². The van der Waals surface area contributed by atoms with Crippen LogP contribution in [0.4, 0.5) is 0 Å². The highest BCUT2D eigenvalue weighted by Crippen LogP contribution is 2.23. The van der Waals surface area contributed by atoms with Crippen LogP contribution in [0.25, 0.3) is 0 Å². The van der Waals surface area contributed by atoms with Gasteiger partial charge in [-0.05, 0) is 75.7 Å². The summed E-state index contributed by atoms with van der Waals surface area (Å²) in [5, 5.41) is 3.54. The van der Waals surface area contributed by atoms with E-state index in [-0.39, 0.29) is 0 Å². The fraction of sp³-hybridized carbons (Fsp3) is 0.667. The molecule has 1 unspecified atom stereocenters. The number of rotatable bonds is 4. The fourth-order valence-corrected chi connectivity index (χ4v) is 3.77. The highest BCUT2D eigenvalue weighted by atomic mass is 15.1. The van der Waals surface area contributed by atoms with Crippen molar-refractivity contribution in [1.29, 1.82) is 0 Å². The highest BCUT2D eigenvalue weighted by molar-refractivity contribution is 5.15. The second-order valence-corrected chi connectivity index (χ2v) is 6.65. The van der Waals surface area contributed by atoms with Gasteiger partial charge in [-0.1, -0.05) is 30.3 Å². The van der Waals surface area contributed by atoms with Gasteiger partial charge in [-0.3, -0.25) is 0 Å². The molecule has 0 amide bonds. The van der Waals surface area contributed by atoms with Gasteiger partial charge in [0.25, 0.3) is 0 Å². The molecule has 1 N–H and O–H groups in total. The summed E-state index contributed by atoms with van der Waals surface area (Å²) in [4.78, 5) is 2.71. The molecule has 2 nitrogen and oxygen atoms in total. The molecule has 0 bridgehead atoms. The average molecular weight is 272 g/mol. The van der Waals surface area contributed by atoms with Gasteiger partial charge in [0.1, 0.15) is 0 Å². The minimum atomic E-state index is 0.898. The van der Waals surface area contributed by atoms with E-state index in [2.05, 4.69) is 40.5 Å². The third-order valence-corrected chi connectivity index (χ3v) is 4.99. The molecule has 2 fully saturated rings. The van der Waals surface area contributed by atoms with Crippen LogP contribution < -0.4 is 5.32 Å². The summed E-state index contributed by atoms with van der Waals surface area (Å²) in [5.74, 6) is 1.80. The molecule has 0 saturated carbocycles. The normalized spacial score (nSPS) is 25.7. The number of nitrogens with zero attached hydrogens (tertiary/aromatic N) is 1. The van der Waals surface area contributed by atoms with E-state index >= 15 is 0 Å². The smallest absolute Gasteiger partial charge is 0.00218 e. The number of piperidine rings is 2. The Morgan fingerprint density at radius 3 is 2.50 bits per heavy atom. The lowest BCUT2D eigenvalue weighted by Gasteiger charge is -2.35. The van der Waals surface area contributed by atoms with Crippen LogP contribution in [0.1, 0.15) is 31.2 Å². The largest absolute Gasteiger partial charge is 0.316 e. The molecule has 0 radical (unpaired) electrons. The number of hydrogen-bond donors (Lipinski definition) is 1. The molecule has 0 spiro atoms. The van der Waals surface area contributed by atoms with Gasteiger partial charge < -0.3 is 10.2 Å². The lowest BCUT2D eigenvalue weighted by atomic mass is 9.89. The van der Waals surface area contributed by atoms with Gasteiger partial charge in [0.05, 0.1) is 0 Å². The molecular formula is C18H28N2. The van der Waals surface area contributed by atoms with E-state index in [9.17, 15) is 0 Å². The predicted molar refractivity (Wildman–Crippen MR) is 84.9 cm³/mol. The van der Waals surface area contributed by atoms with Crippen molar-refractivity contribution >= 4 is 0 Å². The topological polar surface area (TPSA) is 15.3 Å². The Morgan fingerprint density at radius 1 is 1.00 bits per heavy atom. The Kier molecular flexibility index (Phi) is 5.10. The van der Waals surface area contributed by atoms with E-state index in [1.165, 1.54) is 70.4 Å². The van der Waals surface area contributed by atoms with Crippen LogP contribution in [-0.2, 0) is 6.42 Å². The summed E-state index contributed by atoms with van der Waals surface area (Å²) in [6.45, 7) is 6.42. The van der Waals surface area contributed by atoms with Crippen LogP contribution >= 0.6 is 0 Å². The summed E-state index contributed by atoms with van der Waals surface area (Å²) in [5.41, 5.74) is 1.52. The van der Waals surface area contributed by atoms with E-state index in [1.54, 1.807) is 0 Å². The summed E-state index contributed by atoms with van der Waals surface area (Å²) < 4.78 is 0. The second kappa shape index (κ2) is 7.24.